The maximum Gasteiger partial charge on any atom is 0.242 e. The van der Waals surface area contributed by atoms with Gasteiger partial charge in [0, 0.05) is 20.3 Å². The summed E-state index contributed by atoms with van der Waals surface area (Å²) in [5.74, 6) is -2.59. The van der Waals surface area contributed by atoms with E-state index in [9.17, 15) is 18.4 Å². The summed E-state index contributed by atoms with van der Waals surface area (Å²) in [7, 11) is 0. The molecule has 1 aromatic heterocycles. The first-order valence-electron chi connectivity index (χ1n) is 9.10. The van der Waals surface area contributed by atoms with Crippen molar-refractivity contribution in [3.05, 3.63) is 35.2 Å². The number of rotatable bonds is 5. The minimum Gasteiger partial charge on any atom is -0.368 e. The van der Waals surface area contributed by atoms with Gasteiger partial charge in [-0.3, -0.25) is 9.59 Å². The van der Waals surface area contributed by atoms with E-state index in [4.69, 9.17) is 5.73 Å². The van der Waals surface area contributed by atoms with Crippen LogP contribution in [0.5, 0.6) is 0 Å². The molecule has 0 aliphatic carbocycles. The molecule has 9 heteroatoms. The van der Waals surface area contributed by atoms with Crippen LogP contribution in [0, 0.1) is 11.6 Å². The molecule has 1 saturated heterocycles. The van der Waals surface area contributed by atoms with Gasteiger partial charge in [0.2, 0.25) is 11.8 Å². The van der Waals surface area contributed by atoms with Gasteiger partial charge >= 0.3 is 0 Å². The minimum absolute atomic E-state index is 0. The molecule has 1 aromatic carbocycles. The molecule has 6 nitrogen and oxygen atoms in total. The SMILES string of the molecule is CCC.NC(=O)[C@@H]1CCCN1C(=O)CNc1nc(-c2ccc(F)c(F)c2)cs1.[HH].[HH]. The van der Waals surface area contributed by atoms with Crippen LogP contribution >= 0.6 is 11.3 Å². The lowest BCUT2D eigenvalue weighted by Gasteiger charge is -2.22. The van der Waals surface area contributed by atoms with Crippen LogP contribution in [0.15, 0.2) is 23.6 Å². The number of primary amides is 1. The first kappa shape index (κ1) is 21.7. The van der Waals surface area contributed by atoms with Crippen molar-refractivity contribution in [1.29, 1.82) is 0 Å². The number of amides is 2. The predicted octanol–water partition coefficient (Wildman–Crippen LogP) is 3.88. The number of nitrogens with zero attached hydrogens (tertiary/aromatic N) is 2. The van der Waals surface area contributed by atoms with Gasteiger partial charge in [0.25, 0.3) is 0 Å². The second-order valence-corrected chi connectivity index (χ2v) is 7.23. The zero-order valence-corrected chi connectivity index (χ0v) is 16.7. The summed E-state index contributed by atoms with van der Waals surface area (Å²) in [6.07, 6.45) is 2.58. The van der Waals surface area contributed by atoms with Crippen LogP contribution in [0.1, 0.15) is 36.0 Å². The van der Waals surface area contributed by atoms with Gasteiger partial charge in [0.15, 0.2) is 16.8 Å². The number of carbonyl (C=O) groups excluding carboxylic acids is 2. The van der Waals surface area contributed by atoms with Gasteiger partial charge in [-0.1, -0.05) is 20.3 Å². The highest BCUT2D eigenvalue weighted by Crippen LogP contribution is 2.26. The van der Waals surface area contributed by atoms with E-state index < -0.39 is 23.6 Å². The summed E-state index contributed by atoms with van der Waals surface area (Å²) in [6.45, 7) is 4.74. The van der Waals surface area contributed by atoms with Crippen molar-refractivity contribution in [2.75, 3.05) is 18.4 Å². The van der Waals surface area contributed by atoms with Crippen LogP contribution in [-0.4, -0.2) is 40.8 Å². The fourth-order valence-corrected chi connectivity index (χ4v) is 3.48. The molecule has 3 rings (SSSR count). The highest BCUT2D eigenvalue weighted by molar-refractivity contribution is 7.14. The topological polar surface area (TPSA) is 88.3 Å². The first-order chi connectivity index (χ1) is 13.4. The zero-order valence-electron chi connectivity index (χ0n) is 15.9. The van der Waals surface area contributed by atoms with Crippen molar-refractivity contribution in [3.63, 3.8) is 0 Å². The third kappa shape index (κ3) is 5.48. The van der Waals surface area contributed by atoms with Crippen LogP contribution in [0.2, 0.25) is 0 Å². The average Bonchev–Trinajstić information content (AvgIpc) is 3.32. The molecule has 1 fully saturated rings. The largest absolute Gasteiger partial charge is 0.368 e. The van der Waals surface area contributed by atoms with Gasteiger partial charge in [-0.2, -0.15) is 0 Å². The molecule has 156 valence electrons. The molecule has 2 aromatic rings. The molecule has 2 amide bonds. The summed E-state index contributed by atoms with van der Waals surface area (Å²) in [6, 6.07) is 2.99. The monoisotopic (exact) mass is 414 g/mol. The molecule has 0 spiro atoms. The fourth-order valence-electron chi connectivity index (χ4n) is 2.76. The second-order valence-electron chi connectivity index (χ2n) is 6.37. The molecule has 0 unspecified atom stereocenters. The lowest BCUT2D eigenvalue weighted by molar-refractivity contribution is -0.135. The molecule has 1 atom stereocenters. The van der Waals surface area contributed by atoms with E-state index in [-0.39, 0.29) is 15.3 Å². The van der Waals surface area contributed by atoms with E-state index in [1.54, 1.807) is 5.38 Å². The lowest BCUT2D eigenvalue weighted by Crippen LogP contribution is -2.45. The lowest BCUT2D eigenvalue weighted by atomic mass is 10.2. The van der Waals surface area contributed by atoms with Crippen LogP contribution in [0.3, 0.4) is 0 Å². The quantitative estimate of drug-likeness (QED) is 0.777. The van der Waals surface area contributed by atoms with Crippen molar-refractivity contribution < 1.29 is 21.2 Å². The summed E-state index contributed by atoms with van der Waals surface area (Å²) >= 11 is 1.25. The van der Waals surface area contributed by atoms with E-state index in [1.165, 1.54) is 28.7 Å². The Bertz CT molecular complexity index is 839. The third-order valence-corrected chi connectivity index (χ3v) is 4.81. The molecule has 0 bridgehead atoms. The number of hydrogen-bond donors (Lipinski definition) is 2. The van der Waals surface area contributed by atoms with Crippen LogP contribution < -0.4 is 11.1 Å². The number of aromatic nitrogens is 1. The Morgan fingerprint density at radius 2 is 2.07 bits per heavy atom. The molecule has 1 aliphatic heterocycles. The van der Waals surface area contributed by atoms with Crippen LogP contribution in [0.4, 0.5) is 13.9 Å². The number of anilines is 1. The number of benzene rings is 1. The molecule has 1 aliphatic rings. The maximum atomic E-state index is 13.3. The van der Waals surface area contributed by atoms with E-state index in [2.05, 4.69) is 24.1 Å². The summed E-state index contributed by atoms with van der Waals surface area (Å²) in [5, 5.41) is 5.05. The number of nitrogens with one attached hydrogen (secondary N) is 1. The van der Waals surface area contributed by atoms with Gasteiger partial charge in [-0.05, 0) is 31.0 Å². The van der Waals surface area contributed by atoms with Crippen molar-refractivity contribution >= 4 is 28.3 Å². The fraction of sp³-hybridized carbons (Fsp3) is 0.421. The van der Waals surface area contributed by atoms with Crippen LogP contribution in [0.25, 0.3) is 11.3 Å². The standard InChI is InChI=1S/C16H16F2N4O2S.C3H8.2H2/c17-10-4-3-9(6-11(10)18)12-8-25-16(21-12)20-7-14(23)22-5-1-2-13(22)15(19)24;1-3-2;;/h3-4,6,8,13H,1-2,5,7H2,(H2,19,24)(H,20,21);3H2,1-2H3;2*1H/t13-;;;/m0.../s1. The number of halogens is 2. The van der Waals surface area contributed by atoms with Crippen LogP contribution in [-0.2, 0) is 9.59 Å². The zero-order chi connectivity index (χ0) is 20.7. The molecule has 2 heterocycles. The summed E-state index contributed by atoms with van der Waals surface area (Å²) < 4.78 is 26.3. The molecule has 28 heavy (non-hydrogen) atoms. The van der Waals surface area contributed by atoms with Crippen molar-refractivity contribution in [2.24, 2.45) is 5.73 Å². The number of likely N-dealkylation sites (tertiary alicyclic amines) is 1. The Hall–Kier alpha value is -2.55. The Morgan fingerprint density at radius 1 is 1.36 bits per heavy atom. The number of carbonyl (C=O) groups is 2. The van der Waals surface area contributed by atoms with Gasteiger partial charge in [0.05, 0.1) is 12.2 Å². The molecule has 0 saturated carbocycles. The van der Waals surface area contributed by atoms with Gasteiger partial charge in [-0.15, -0.1) is 11.3 Å². The van der Waals surface area contributed by atoms with Gasteiger partial charge in [-0.25, -0.2) is 13.8 Å². The molecular weight excluding hydrogens is 386 g/mol. The Labute approximate surface area is 169 Å². The second kappa shape index (κ2) is 10.1. The first-order valence-corrected chi connectivity index (χ1v) is 9.98. The third-order valence-electron chi connectivity index (χ3n) is 4.01. The van der Waals surface area contributed by atoms with Crippen molar-refractivity contribution in [3.8, 4) is 11.3 Å². The van der Waals surface area contributed by atoms with E-state index in [0.717, 1.165) is 18.6 Å². The maximum absolute atomic E-state index is 13.3. The van der Waals surface area contributed by atoms with Gasteiger partial charge in [0.1, 0.15) is 6.04 Å². The van der Waals surface area contributed by atoms with E-state index >= 15 is 0 Å². The van der Waals surface area contributed by atoms with E-state index in [0.29, 0.717) is 29.4 Å². The summed E-state index contributed by atoms with van der Waals surface area (Å²) in [5.41, 5.74) is 6.23. The predicted molar refractivity (Wildman–Crippen MR) is 110 cm³/mol. The Morgan fingerprint density at radius 3 is 2.71 bits per heavy atom. The molecule has 0 radical (unpaired) electrons. The smallest absolute Gasteiger partial charge is 0.242 e. The van der Waals surface area contributed by atoms with Crippen molar-refractivity contribution in [1.82, 2.24) is 9.88 Å². The highest BCUT2D eigenvalue weighted by atomic mass is 32.1. The molecule has 3 N–H and O–H groups in total. The highest BCUT2D eigenvalue weighted by Gasteiger charge is 2.32. The average molecular weight is 415 g/mol. The Balaban J connectivity index is 0.00000159. The van der Waals surface area contributed by atoms with Gasteiger partial charge < -0.3 is 16.0 Å². The Kier molecular flexibility index (Phi) is 7.86. The normalized spacial score (nSPS) is 15.7. The number of hydrogen-bond acceptors (Lipinski definition) is 5. The molecular formula is C19H28F2N4O2S. The van der Waals surface area contributed by atoms with E-state index in [1.807, 2.05) is 0 Å². The van der Waals surface area contributed by atoms with Crippen molar-refractivity contribution in [2.45, 2.75) is 39.2 Å². The minimum atomic E-state index is -0.943. The summed E-state index contributed by atoms with van der Waals surface area (Å²) in [4.78, 5) is 29.3. The number of nitrogens with two attached hydrogens (primary N) is 1. The number of thiazole rings is 1.